The minimum absolute atomic E-state index is 0.0325. The largest absolute Gasteiger partial charge is 0.416 e. The van der Waals surface area contributed by atoms with Crippen molar-refractivity contribution in [3.8, 4) is 0 Å². The highest BCUT2D eigenvalue weighted by atomic mass is 19.4. The Morgan fingerprint density at radius 2 is 1.62 bits per heavy atom. The van der Waals surface area contributed by atoms with Crippen LogP contribution in [0.5, 0.6) is 0 Å². The maximum atomic E-state index is 13.4. The Morgan fingerprint density at radius 3 is 2.08 bits per heavy atom. The van der Waals surface area contributed by atoms with Crippen molar-refractivity contribution in [2.24, 2.45) is 11.7 Å². The normalized spacial score (nSPS) is 24.7. The molecule has 39 heavy (non-hydrogen) atoms. The molecular formula is C27H29F6N3O3. The molecule has 0 bridgehead atoms. The van der Waals surface area contributed by atoms with E-state index in [4.69, 9.17) is 10.5 Å². The summed E-state index contributed by atoms with van der Waals surface area (Å²) >= 11 is 0. The first-order chi connectivity index (χ1) is 18.2. The van der Waals surface area contributed by atoms with Crippen molar-refractivity contribution in [3.63, 3.8) is 0 Å². The summed E-state index contributed by atoms with van der Waals surface area (Å²) in [5.41, 5.74) is 1.01. The summed E-state index contributed by atoms with van der Waals surface area (Å²) in [4.78, 5) is 24.9. The lowest BCUT2D eigenvalue weighted by molar-refractivity contribution is -0.143. The fourth-order valence-electron chi connectivity index (χ4n) is 4.77. The average Bonchev–Trinajstić information content (AvgIpc) is 3.73. The van der Waals surface area contributed by atoms with Crippen LogP contribution in [0.25, 0.3) is 0 Å². The third-order valence-electron chi connectivity index (χ3n) is 7.47. The van der Waals surface area contributed by atoms with Crippen LogP contribution in [-0.4, -0.2) is 30.5 Å². The molecule has 1 aliphatic heterocycles. The Kier molecular flexibility index (Phi) is 7.74. The Labute approximate surface area is 221 Å². The fourth-order valence-corrected chi connectivity index (χ4v) is 4.77. The van der Waals surface area contributed by atoms with Gasteiger partial charge in [0, 0.05) is 12.5 Å². The molecule has 2 amide bonds. The zero-order chi connectivity index (χ0) is 28.6. The fraction of sp³-hybridized carbons (Fsp3) is 0.481. The molecule has 2 aromatic carbocycles. The SMILES string of the molecule is CC(OCC1(c2ccccc2)CC[C@@](NC(=O)C2CC2)(C(N)=O)CN1)c1cc(C(F)(F)F)cc(C(F)(F)F)c1. The molecule has 1 aliphatic carbocycles. The molecule has 1 heterocycles. The van der Waals surface area contributed by atoms with Crippen LogP contribution in [0.4, 0.5) is 26.3 Å². The molecule has 2 fully saturated rings. The van der Waals surface area contributed by atoms with Gasteiger partial charge in [0.25, 0.3) is 0 Å². The number of piperidine rings is 1. The number of benzene rings is 2. The van der Waals surface area contributed by atoms with Gasteiger partial charge in [-0.05, 0) is 61.9 Å². The van der Waals surface area contributed by atoms with Crippen molar-refractivity contribution < 1.29 is 40.7 Å². The zero-order valence-corrected chi connectivity index (χ0v) is 21.1. The van der Waals surface area contributed by atoms with E-state index in [1.54, 1.807) is 30.3 Å². The molecule has 0 spiro atoms. The molecule has 2 unspecified atom stereocenters. The monoisotopic (exact) mass is 557 g/mol. The molecule has 4 rings (SSSR count). The van der Waals surface area contributed by atoms with Gasteiger partial charge in [0.2, 0.25) is 11.8 Å². The number of hydrogen-bond donors (Lipinski definition) is 3. The van der Waals surface area contributed by atoms with Crippen molar-refractivity contribution in [2.45, 2.75) is 62.1 Å². The summed E-state index contributed by atoms with van der Waals surface area (Å²) in [5, 5.41) is 6.05. The lowest BCUT2D eigenvalue weighted by Crippen LogP contribution is -2.69. The lowest BCUT2D eigenvalue weighted by Gasteiger charge is -2.46. The topological polar surface area (TPSA) is 93.4 Å². The second-order valence-corrected chi connectivity index (χ2v) is 10.3. The van der Waals surface area contributed by atoms with Gasteiger partial charge in [-0.15, -0.1) is 0 Å². The number of amides is 2. The predicted octanol–water partition coefficient (Wildman–Crippen LogP) is 4.83. The minimum atomic E-state index is -4.98. The first-order valence-electron chi connectivity index (χ1n) is 12.5. The molecule has 1 saturated heterocycles. The molecule has 0 aromatic heterocycles. The van der Waals surface area contributed by atoms with E-state index in [1.807, 2.05) is 0 Å². The molecule has 12 heteroatoms. The number of nitrogens with two attached hydrogens (primary N) is 1. The predicted molar refractivity (Wildman–Crippen MR) is 129 cm³/mol. The van der Waals surface area contributed by atoms with Gasteiger partial charge in [0.15, 0.2) is 0 Å². The maximum absolute atomic E-state index is 13.4. The van der Waals surface area contributed by atoms with Crippen LogP contribution in [0.3, 0.4) is 0 Å². The van der Waals surface area contributed by atoms with E-state index in [2.05, 4.69) is 10.6 Å². The molecule has 6 nitrogen and oxygen atoms in total. The summed E-state index contributed by atoms with van der Waals surface area (Å²) in [5.74, 6) is -1.11. The molecule has 4 N–H and O–H groups in total. The van der Waals surface area contributed by atoms with Gasteiger partial charge in [-0.25, -0.2) is 0 Å². The summed E-state index contributed by atoms with van der Waals surface area (Å²) in [6.07, 6.45) is -9.22. The number of alkyl halides is 6. The van der Waals surface area contributed by atoms with E-state index in [0.717, 1.165) is 18.4 Å². The number of rotatable bonds is 8. The van der Waals surface area contributed by atoms with E-state index < -0.39 is 46.6 Å². The highest BCUT2D eigenvalue weighted by Crippen LogP contribution is 2.40. The van der Waals surface area contributed by atoms with Gasteiger partial charge < -0.3 is 21.1 Å². The number of hydrogen-bond acceptors (Lipinski definition) is 4. The van der Waals surface area contributed by atoms with Gasteiger partial charge in [-0.2, -0.15) is 26.3 Å². The van der Waals surface area contributed by atoms with Crippen molar-refractivity contribution in [1.29, 1.82) is 0 Å². The zero-order valence-electron chi connectivity index (χ0n) is 21.1. The van der Waals surface area contributed by atoms with Gasteiger partial charge in [0.1, 0.15) is 5.54 Å². The number of carbonyl (C=O) groups excluding carboxylic acids is 2. The minimum Gasteiger partial charge on any atom is -0.372 e. The third kappa shape index (κ3) is 6.38. The lowest BCUT2D eigenvalue weighted by atomic mass is 9.76. The smallest absolute Gasteiger partial charge is 0.372 e. The van der Waals surface area contributed by atoms with Crippen molar-refractivity contribution in [3.05, 3.63) is 70.8 Å². The van der Waals surface area contributed by atoms with E-state index >= 15 is 0 Å². The Balaban J connectivity index is 1.58. The first kappa shape index (κ1) is 28.9. The van der Waals surface area contributed by atoms with E-state index in [-0.39, 0.29) is 49.4 Å². The standard InChI is InChI=1S/C27H29F6N3O3/c1-16(18-11-20(26(28,29)30)13-21(12-18)27(31,32)33)39-15-25(19-5-3-2-4-6-19)10-9-24(14-35-25,23(34)38)36-22(37)17-7-8-17/h2-6,11-13,16-17,35H,7-10,14-15H2,1H3,(H2,34,38)(H,36,37)/t16?,24-,25?/m0/s1. The van der Waals surface area contributed by atoms with E-state index in [0.29, 0.717) is 12.1 Å². The Hall–Kier alpha value is -3.12. The second-order valence-electron chi connectivity index (χ2n) is 10.3. The van der Waals surface area contributed by atoms with E-state index in [1.165, 1.54) is 6.92 Å². The van der Waals surface area contributed by atoms with Crippen LogP contribution in [0, 0.1) is 5.92 Å². The third-order valence-corrected chi connectivity index (χ3v) is 7.47. The first-order valence-corrected chi connectivity index (χ1v) is 12.5. The number of halogens is 6. The highest BCUT2D eigenvalue weighted by Gasteiger charge is 2.49. The number of carbonyl (C=O) groups is 2. The van der Waals surface area contributed by atoms with Gasteiger partial charge in [-0.1, -0.05) is 30.3 Å². The number of primary amides is 1. The molecular weight excluding hydrogens is 528 g/mol. The molecule has 212 valence electrons. The average molecular weight is 558 g/mol. The molecule has 2 aliphatic rings. The molecule has 0 radical (unpaired) electrons. The highest BCUT2D eigenvalue weighted by molar-refractivity contribution is 5.92. The van der Waals surface area contributed by atoms with Crippen molar-refractivity contribution >= 4 is 11.8 Å². The summed E-state index contributed by atoms with van der Waals surface area (Å²) in [7, 11) is 0. The molecule has 2 aromatic rings. The van der Waals surface area contributed by atoms with E-state index in [9.17, 15) is 35.9 Å². The second kappa shape index (κ2) is 10.5. The van der Waals surface area contributed by atoms with Crippen LogP contribution in [0.2, 0.25) is 0 Å². The quantitative estimate of drug-likeness (QED) is 0.406. The van der Waals surface area contributed by atoms with Crippen LogP contribution < -0.4 is 16.4 Å². The number of nitrogens with one attached hydrogen (secondary N) is 2. The van der Waals surface area contributed by atoms with Crippen LogP contribution in [0.15, 0.2) is 48.5 Å². The van der Waals surface area contributed by atoms with Crippen LogP contribution in [0.1, 0.15) is 61.0 Å². The summed E-state index contributed by atoms with van der Waals surface area (Å²) in [6.45, 7) is 1.21. The van der Waals surface area contributed by atoms with Crippen LogP contribution in [-0.2, 0) is 32.2 Å². The molecule has 1 saturated carbocycles. The van der Waals surface area contributed by atoms with Gasteiger partial charge in [0.05, 0.1) is 29.4 Å². The van der Waals surface area contributed by atoms with Gasteiger partial charge in [-0.3, -0.25) is 9.59 Å². The van der Waals surface area contributed by atoms with Crippen molar-refractivity contribution in [2.75, 3.05) is 13.2 Å². The Bertz CT molecular complexity index is 1170. The van der Waals surface area contributed by atoms with Gasteiger partial charge >= 0.3 is 12.4 Å². The Morgan fingerprint density at radius 1 is 1.03 bits per heavy atom. The number of ether oxygens (including phenoxy) is 1. The maximum Gasteiger partial charge on any atom is 0.416 e. The van der Waals surface area contributed by atoms with Crippen molar-refractivity contribution in [1.82, 2.24) is 10.6 Å². The van der Waals surface area contributed by atoms with Crippen LogP contribution >= 0.6 is 0 Å². The summed E-state index contributed by atoms with van der Waals surface area (Å²) < 4.78 is 86.0. The summed E-state index contributed by atoms with van der Waals surface area (Å²) in [6, 6.07) is 10.3. The molecule has 3 atom stereocenters.